The Bertz CT molecular complexity index is 1010. The van der Waals surface area contributed by atoms with E-state index in [9.17, 15) is 14.4 Å². The van der Waals surface area contributed by atoms with Crippen LogP contribution in [-0.2, 0) is 16.1 Å². The number of fused-ring (bicyclic) bond motifs is 1. The van der Waals surface area contributed by atoms with Crippen molar-refractivity contribution in [2.45, 2.75) is 6.54 Å². The Kier molecular flexibility index (Phi) is 5.24. The van der Waals surface area contributed by atoms with Gasteiger partial charge in [-0.05, 0) is 24.3 Å². The first-order valence-electron chi connectivity index (χ1n) is 9.46. The number of benzene rings is 1. The van der Waals surface area contributed by atoms with Crippen LogP contribution >= 0.6 is 0 Å². The number of pyridine rings is 1. The fraction of sp³-hybridized carbons (Fsp3) is 0.238. The molecule has 3 amide bonds. The number of hydrogen-bond donors (Lipinski definition) is 2. The number of piperazine rings is 1. The fourth-order valence-corrected chi connectivity index (χ4v) is 3.36. The number of H-pyrrole nitrogens is 1. The van der Waals surface area contributed by atoms with Gasteiger partial charge in [-0.1, -0.05) is 24.3 Å². The Morgan fingerprint density at radius 1 is 0.966 bits per heavy atom. The van der Waals surface area contributed by atoms with Gasteiger partial charge in [0.25, 0.3) is 5.91 Å². The molecule has 1 aliphatic heterocycles. The van der Waals surface area contributed by atoms with Crippen molar-refractivity contribution in [2.75, 3.05) is 26.2 Å². The van der Waals surface area contributed by atoms with Gasteiger partial charge in [0.05, 0.1) is 12.2 Å². The molecule has 0 radical (unpaired) electrons. The highest BCUT2D eigenvalue weighted by atomic mass is 16.2. The average Bonchev–Trinajstić information content (AvgIpc) is 3.21. The van der Waals surface area contributed by atoms with Gasteiger partial charge in [-0.15, -0.1) is 0 Å². The van der Waals surface area contributed by atoms with E-state index in [0.29, 0.717) is 37.6 Å². The van der Waals surface area contributed by atoms with Crippen molar-refractivity contribution in [1.29, 1.82) is 0 Å². The van der Waals surface area contributed by atoms with Gasteiger partial charge in [-0.25, -0.2) is 0 Å². The second kappa shape index (κ2) is 8.14. The number of carbonyl (C=O) groups excluding carboxylic acids is 3. The minimum Gasteiger partial charge on any atom is -0.351 e. The van der Waals surface area contributed by atoms with E-state index in [1.54, 1.807) is 23.2 Å². The molecule has 3 aromatic rings. The smallest absolute Gasteiger partial charge is 0.312 e. The van der Waals surface area contributed by atoms with E-state index in [-0.39, 0.29) is 12.5 Å². The number of amides is 3. The largest absolute Gasteiger partial charge is 0.351 e. The molecule has 3 heterocycles. The number of hydrogen-bond acceptors (Lipinski definition) is 4. The Balaban J connectivity index is 1.30. The lowest BCUT2D eigenvalue weighted by Gasteiger charge is -2.34. The van der Waals surface area contributed by atoms with Gasteiger partial charge < -0.3 is 20.1 Å². The molecule has 8 heteroatoms. The molecule has 8 nitrogen and oxygen atoms in total. The molecule has 0 bridgehead atoms. The molecule has 0 spiro atoms. The van der Waals surface area contributed by atoms with E-state index in [0.717, 1.165) is 10.9 Å². The molecule has 29 heavy (non-hydrogen) atoms. The number of rotatable bonds is 3. The van der Waals surface area contributed by atoms with Crippen LogP contribution in [0.15, 0.2) is 54.7 Å². The minimum absolute atomic E-state index is 0.104. The summed E-state index contributed by atoms with van der Waals surface area (Å²) in [4.78, 5) is 47.7. The van der Waals surface area contributed by atoms with Crippen molar-refractivity contribution in [2.24, 2.45) is 0 Å². The van der Waals surface area contributed by atoms with Crippen LogP contribution in [0.4, 0.5) is 0 Å². The molecular formula is C21H21N5O3. The summed E-state index contributed by atoms with van der Waals surface area (Å²) < 4.78 is 0. The molecule has 2 aromatic heterocycles. The van der Waals surface area contributed by atoms with Crippen LogP contribution in [0.25, 0.3) is 10.9 Å². The Labute approximate surface area is 167 Å². The SMILES string of the molecule is O=C(NCc1ccccn1)C(=O)N1CCN(C(=O)c2cc3ccccc3[nH]2)CC1. The molecule has 1 aliphatic rings. The van der Waals surface area contributed by atoms with E-state index in [1.165, 1.54) is 4.90 Å². The van der Waals surface area contributed by atoms with Crippen LogP contribution in [0, 0.1) is 0 Å². The van der Waals surface area contributed by atoms with Gasteiger partial charge in [-0.3, -0.25) is 19.4 Å². The summed E-state index contributed by atoms with van der Waals surface area (Å²) in [5, 5.41) is 3.57. The first-order chi connectivity index (χ1) is 14.1. The summed E-state index contributed by atoms with van der Waals surface area (Å²) in [6.07, 6.45) is 1.63. The highest BCUT2D eigenvalue weighted by molar-refractivity contribution is 6.35. The monoisotopic (exact) mass is 391 g/mol. The molecule has 4 rings (SSSR count). The van der Waals surface area contributed by atoms with Crippen LogP contribution < -0.4 is 5.32 Å². The number of aromatic nitrogens is 2. The normalized spacial score (nSPS) is 14.1. The third-order valence-corrected chi connectivity index (χ3v) is 4.96. The molecule has 1 fully saturated rings. The zero-order chi connectivity index (χ0) is 20.2. The molecule has 0 unspecified atom stereocenters. The second-order valence-corrected chi connectivity index (χ2v) is 6.86. The zero-order valence-corrected chi connectivity index (χ0v) is 15.8. The quantitative estimate of drug-likeness (QED) is 0.655. The highest BCUT2D eigenvalue weighted by Gasteiger charge is 2.28. The van der Waals surface area contributed by atoms with E-state index < -0.39 is 11.8 Å². The number of nitrogens with zero attached hydrogens (tertiary/aromatic N) is 3. The van der Waals surface area contributed by atoms with E-state index in [2.05, 4.69) is 15.3 Å². The molecule has 0 atom stereocenters. The van der Waals surface area contributed by atoms with E-state index in [1.807, 2.05) is 36.4 Å². The van der Waals surface area contributed by atoms with Crippen molar-refractivity contribution in [3.8, 4) is 0 Å². The van der Waals surface area contributed by atoms with Crippen LogP contribution in [0.2, 0.25) is 0 Å². The predicted molar refractivity (Wildman–Crippen MR) is 107 cm³/mol. The van der Waals surface area contributed by atoms with Crippen molar-refractivity contribution >= 4 is 28.6 Å². The predicted octanol–water partition coefficient (Wildman–Crippen LogP) is 1.16. The number of nitrogens with one attached hydrogen (secondary N) is 2. The molecule has 0 saturated carbocycles. The van der Waals surface area contributed by atoms with Crippen molar-refractivity contribution in [3.05, 3.63) is 66.1 Å². The van der Waals surface area contributed by atoms with Gasteiger partial charge >= 0.3 is 11.8 Å². The Morgan fingerprint density at radius 3 is 2.41 bits per heavy atom. The summed E-state index contributed by atoms with van der Waals surface area (Å²) in [5.41, 5.74) is 2.12. The second-order valence-electron chi connectivity index (χ2n) is 6.86. The summed E-state index contributed by atoms with van der Waals surface area (Å²) in [5.74, 6) is -1.35. The lowest BCUT2D eigenvalue weighted by molar-refractivity contribution is -0.146. The fourth-order valence-electron chi connectivity index (χ4n) is 3.36. The molecule has 148 valence electrons. The third kappa shape index (κ3) is 4.11. The average molecular weight is 391 g/mol. The van der Waals surface area contributed by atoms with Crippen LogP contribution in [-0.4, -0.2) is 63.7 Å². The number of para-hydroxylation sites is 1. The third-order valence-electron chi connectivity index (χ3n) is 4.96. The molecule has 0 aliphatic carbocycles. The van der Waals surface area contributed by atoms with Gasteiger partial charge in [-0.2, -0.15) is 0 Å². The van der Waals surface area contributed by atoms with Crippen LogP contribution in [0.3, 0.4) is 0 Å². The molecule has 2 N–H and O–H groups in total. The molecular weight excluding hydrogens is 370 g/mol. The first-order valence-corrected chi connectivity index (χ1v) is 9.46. The van der Waals surface area contributed by atoms with Crippen LogP contribution in [0.1, 0.15) is 16.2 Å². The zero-order valence-electron chi connectivity index (χ0n) is 15.8. The van der Waals surface area contributed by atoms with Gasteiger partial charge in [0, 0.05) is 43.3 Å². The van der Waals surface area contributed by atoms with Crippen molar-refractivity contribution in [3.63, 3.8) is 0 Å². The number of aromatic amines is 1. The lowest BCUT2D eigenvalue weighted by atomic mass is 10.2. The first kappa shape index (κ1) is 18.7. The summed E-state index contributed by atoms with van der Waals surface area (Å²) in [6.45, 7) is 1.61. The molecule has 1 aromatic carbocycles. The maximum atomic E-state index is 12.7. The highest BCUT2D eigenvalue weighted by Crippen LogP contribution is 2.17. The molecule has 1 saturated heterocycles. The van der Waals surface area contributed by atoms with Gasteiger partial charge in [0.1, 0.15) is 5.69 Å². The Hall–Kier alpha value is -3.68. The van der Waals surface area contributed by atoms with E-state index >= 15 is 0 Å². The Morgan fingerprint density at radius 2 is 1.69 bits per heavy atom. The van der Waals surface area contributed by atoms with Gasteiger partial charge in [0.2, 0.25) is 0 Å². The van der Waals surface area contributed by atoms with Crippen molar-refractivity contribution < 1.29 is 14.4 Å². The summed E-state index contributed by atoms with van der Waals surface area (Å²) >= 11 is 0. The van der Waals surface area contributed by atoms with E-state index in [4.69, 9.17) is 0 Å². The standard InChI is InChI=1S/C21H21N5O3/c27-19(23-14-16-6-3-4-8-22-16)21(29)26-11-9-25(10-12-26)20(28)18-13-15-5-1-2-7-17(15)24-18/h1-8,13,24H,9-12,14H2,(H,23,27). The maximum Gasteiger partial charge on any atom is 0.312 e. The van der Waals surface area contributed by atoms with Crippen LogP contribution in [0.5, 0.6) is 0 Å². The summed E-state index contributed by atoms with van der Waals surface area (Å²) in [7, 11) is 0. The topological polar surface area (TPSA) is 98.4 Å². The summed E-state index contributed by atoms with van der Waals surface area (Å²) in [6, 6.07) is 14.9. The lowest BCUT2D eigenvalue weighted by Crippen LogP contribution is -2.53. The maximum absolute atomic E-state index is 12.7. The number of carbonyl (C=O) groups is 3. The van der Waals surface area contributed by atoms with Gasteiger partial charge in [0.15, 0.2) is 0 Å². The minimum atomic E-state index is -0.661. The van der Waals surface area contributed by atoms with Crippen molar-refractivity contribution in [1.82, 2.24) is 25.1 Å².